The van der Waals surface area contributed by atoms with Crippen LogP contribution < -0.4 is 5.32 Å². The Hall–Kier alpha value is -4.17. The van der Waals surface area contributed by atoms with Crippen molar-refractivity contribution in [1.82, 2.24) is 9.97 Å². The maximum Gasteiger partial charge on any atom is 0.335 e. The standard InChI is InChI=1S/C25H15ClF2N4O2/c26-15-6-9-17-19(10-15)23(18-2-1-3-20(27)21(18)28)29-11-14-12-30-25(32-22(14)17)31-16-7-4-13(5-8-16)24(33)34/h1-10,12H,11H2,(H,33,34)(H,30,31,32). The molecule has 5 rings (SSSR count). The average molecular weight is 477 g/mol. The molecule has 0 aliphatic carbocycles. The van der Waals surface area contributed by atoms with E-state index >= 15 is 0 Å². The molecule has 0 radical (unpaired) electrons. The molecule has 0 atom stereocenters. The normalized spacial score (nSPS) is 12.3. The van der Waals surface area contributed by atoms with Crippen LogP contribution in [-0.4, -0.2) is 26.8 Å². The third kappa shape index (κ3) is 3.99. The van der Waals surface area contributed by atoms with Crippen molar-refractivity contribution in [2.75, 3.05) is 5.32 Å². The minimum atomic E-state index is -1.02. The summed E-state index contributed by atoms with van der Waals surface area (Å²) in [4.78, 5) is 24.6. The van der Waals surface area contributed by atoms with E-state index in [9.17, 15) is 13.6 Å². The van der Waals surface area contributed by atoms with Crippen molar-refractivity contribution >= 4 is 34.9 Å². The Bertz CT molecular complexity index is 1470. The topological polar surface area (TPSA) is 87.5 Å². The number of benzene rings is 3. The van der Waals surface area contributed by atoms with Gasteiger partial charge in [-0.25, -0.2) is 23.5 Å². The van der Waals surface area contributed by atoms with Crippen molar-refractivity contribution in [2.45, 2.75) is 6.54 Å². The molecule has 1 aliphatic heterocycles. The zero-order valence-electron chi connectivity index (χ0n) is 17.4. The van der Waals surface area contributed by atoms with Gasteiger partial charge in [0.05, 0.1) is 23.5 Å². The van der Waals surface area contributed by atoms with Gasteiger partial charge in [0.1, 0.15) is 0 Å². The first-order chi connectivity index (χ1) is 16.4. The summed E-state index contributed by atoms with van der Waals surface area (Å²) in [6, 6.07) is 15.2. The molecule has 0 amide bonds. The van der Waals surface area contributed by atoms with Crippen LogP contribution in [0.15, 0.2) is 71.9 Å². The van der Waals surface area contributed by atoms with Gasteiger partial charge in [-0.2, -0.15) is 0 Å². The highest BCUT2D eigenvalue weighted by atomic mass is 35.5. The third-order valence-electron chi connectivity index (χ3n) is 5.36. The zero-order chi connectivity index (χ0) is 23.8. The second-order valence-corrected chi connectivity index (χ2v) is 7.97. The zero-order valence-corrected chi connectivity index (χ0v) is 18.1. The lowest BCUT2D eigenvalue weighted by molar-refractivity contribution is 0.0697. The fourth-order valence-electron chi connectivity index (χ4n) is 3.73. The van der Waals surface area contributed by atoms with Crippen LogP contribution in [0.25, 0.3) is 11.3 Å². The number of carboxylic acids is 1. The molecule has 1 aromatic heterocycles. The predicted octanol–water partition coefficient (Wildman–Crippen LogP) is 5.87. The van der Waals surface area contributed by atoms with Crippen molar-refractivity contribution in [2.24, 2.45) is 4.99 Å². The molecule has 34 heavy (non-hydrogen) atoms. The van der Waals surface area contributed by atoms with Gasteiger partial charge in [-0.3, -0.25) is 4.99 Å². The van der Waals surface area contributed by atoms with Crippen molar-refractivity contribution < 1.29 is 18.7 Å². The number of nitrogens with one attached hydrogen (secondary N) is 1. The molecule has 2 N–H and O–H groups in total. The second-order valence-electron chi connectivity index (χ2n) is 7.53. The molecule has 0 spiro atoms. The molecule has 0 saturated heterocycles. The fraction of sp³-hybridized carbons (Fsp3) is 0.0400. The number of carboxylic acid groups (broad SMARTS) is 1. The lowest BCUT2D eigenvalue weighted by Crippen LogP contribution is -2.08. The summed E-state index contributed by atoms with van der Waals surface area (Å²) in [6.45, 7) is 0.153. The molecule has 168 valence electrons. The number of halogens is 3. The molecule has 0 fully saturated rings. The second kappa shape index (κ2) is 8.64. The smallest absolute Gasteiger partial charge is 0.335 e. The van der Waals surface area contributed by atoms with E-state index in [0.717, 1.165) is 6.07 Å². The van der Waals surface area contributed by atoms with Crippen LogP contribution in [0.4, 0.5) is 20.4 Å². The van der Waals surface area contributed by atoms with Crippen LogP contribution >= 0.6 is 11.6 Å². The van der Waals surface area contributed by atoms with E-state index in [4.69, 9.17) is 16.7 Å². The van der Waals surface area contributed by atoms with Gasteiger partial charge in [0.2, 0.25) is 5.95 Å². The average Bonchev–Trinajstić information content (AvgIpc) is 2.98. The van der Waals surface area contributed by atoms with Gasteiger partial charge in [-0.15, -0.1) is 0 Å². The first-order valence-electron chi connectivity index (χ1n) is 10.2. The van der Waals surface area contributed by atoms with Crippen molar-refractivity contribution in [1.29, 1.82) is 0 Å². The van der Waals surface area contributed by atoms with Crippen LogP contribution in [-0.2, 0) is 6.54 Å². The maximum absolute atomic E-state index is 14.7. The van der Waals surface area contributed by atoms with E-state index < -0.39 is 17.6 Å². The molecular formula is C25H15ClF2N4O2. The summed E-state index contributed by atoms with van der Waals surface area (Å²) in [5.74, 6) is -2.70. The Morgan fingerprint density at radius 2 is 1.79 bits per heavy atom. The van der Waals surface area contributed by atoms with Gasteiger partial charge < -0.3 is 10.4 Å². The lowest BCUT2D eigenvalue weighted by atomic mass is 9.95. The van der Waals surface area contributed by atoms with Crippen LogP contribution in [0.2, 0.25) is 5.02 Å². The first kappa shape index (κ1) is 21.7. The minimum absolute atomic E-state index is 0.0288. The van der Waals surface area contributed by atoms with Crippen molar-refractivity contribution in [3.05, 3.63) is 106 Å². The molecule has 4 aromatic rings. The van der Waals surface area contributed by atoms with Crippen molar-refractivity contribution in [3.8, 4) is 11.3 Å². The van der Waals surface area contributed by atoms with Gasteiger partial charge in [0.15, 0.2) is 11.6 Å². The monoisotopic (exact) mass is 476 g/mol. The summed E-state index contributed by atoms with van der Waals surface area (Å²) < 4.78 is 28.6. The molecule has 0 saturated carbocycles. The summed E-state index contributed by atoms with van der Waals surface area (Å²) in [7, 11) is 0. The predicted molar refractivity (Wildman–Crippen MR) is 125 cm³/mol. The molecule has 0 unspecified atom stereocenters. The highest BCUT2D eigenvalue weighted by molar-refractivity contribution is 6.31. The van der Waals surface area contributed by atoms with E-state index in [0.29, 0.717) is 33.1 Å². The number of carbonyl (C=O) groups is 1. The van der Waals surface area contributed by atoms with Crippen LogP contribution in [0.1, 0.15) is 27.0 Å². The van der Waals surface area contributed by atoms with E-state index in [2.05, 4.69) is 20.3 Å². The highest BCUT2D eigenvalue weighted by Gasteiger charge is 2.24. The molecular weight excluding hydrogens is 462 g/mol. The number of aromatic nitrogens is 2. The van der Waals surface area contributed by atoms with Gasteiger partial charge in [-0.05, 0) is 48.5 Å². The Balaban J connectivity index is 1.58. The Labute approximate surface area is 197 Å². The molecule has 6 nitrogen and oxygen atoms in total. The molecule has 1 aliphatic rings. The minimum Gasteiger partial charge on any atom is -0.478 e. The summed E-state index contributed by atoms with van der Waals surface area (Å²) >= 11 is 6.24. The number of nitrogens with zero attached hydrogens (tertiary/aromatic N) is 3. The first-order valence-corrected chi connectivity index (χ1v) is 10.5. The highest BCUT2D eigenvalue weighted by Crippen LogP contribution is 2.34. The van der Waals surface area contributed by atoms with Crippen LogP contribution in [0, 0.1) is 11.6 Å². The number of aliphatic imine (C=N–C) groups is 1. The summed E-state index contributed by atoms with van der Waals surface area (Å²) in [5, 5.41) is 12.5. The maximum atomic E-state index is 14.7. The molecule has 2 heterocycles. The SMILES string of the molecule is O=C(O)c1ccc(Nc2ncc3c(n2)-c2ccc(Cl)cc2C(c2cccc(F)c2F)=NC3)cc1. The van der Waals surface area contributed by atoms with Gasteiger partial charge in [0.25, 0.3) is 0 Å². The van der Waals surface area contributed by atoms with Crippen LogP contribution in [0.3, 0.4) is 0 Å². The number of fused-ring (bicyclic) bond motifs is 3. The Morgan fingerprint density at radius 1 is 1.00 bits per heavy atom. The Morgan fingerprint density at radius 3 is 2.56 bits per heavy atom. The van der Waals surface area contributed by atoms with E-state index in [1.54, 1.807) is 36.5 Å². The lowest BCUT2D eigenvalue weighted by Gasteiger charge is -2.13. The molecule has 0 bridgehead atoms. The van der Waals surface area contributed by atoms with E-state index in [1.165, 1.54) is 24.3 Å². The van der Waals surface area contributed by atoms with Crippen LogP contribution in [0.5, 0.6) is 0 Å². The number of rotatable bonds is 4. The van der Waals surface area contributed by atoms with Gasteiger partial charge in [0, 0.05) is 39.2 Å². The number of anilines is 2. The largest absolute Gasteiger partial charge is 0.478 e. The fourth-order valence-corrected chi connectivity index (χ4v) is 3.90. The Kier molecular flexibility index (Phi) is 5.51. The third-order valence-corrected chi connectivity index (χ3v) is 5.59. The quantitative estimate of drug-likeness (QED) is 0.385. The van der Waals surface area contributed by atoms with Gasteiger partial charge in [-0.1, -0.05) is 23.7 Å². The van der Waals surface area contributed by atoms with E-state index in [-0.39, 0.29) is 29.3 Å². The number of hydrogen-bond acceptors (Lipinski definition) is 5. The van der Waals surface area contributed by atoms with Crippen molar-refractivity contribution in [3.63, 3.8) is 0 Å². The van der Waals surface area contributed by atoms with Gasteiger partial charge >= 0.3 is 5.97 Å². The molecule has 9 heteroatoms. The number of aromatic carboxylic acids is 1. The number of hydrogen-bond donors (Lipinski definition) is 2. The summed E-state index contributed by atoms with van der Waals surface area (Å²) in [6.07, 6.45) is 1.61. The molecule has 3 aromatic carbocycles. The van der Waals surface area contributed by atoms with E-state index in [1.807, 2.05) is 0 Å². The summed E-state index contributed by atoms with van der Waals surface area (Å²) in [5.41, 5.74) is 3.50.